The van der Waals surface area contributed by atoms with Gasteiger partial charge in [-0.3, -0.25) is 19.7 Å². The molecule has 0 bridgehead atoms. The number of thioether (sulfide) groups is 1. The number of nitrogens with zero attached hydrogens (tertiary/aromatic N) is 2. The molecule has 2 aromatic rings. The van der Waals surface area contributed by atoms with Crippen LogP contribution in [-0.4, -0.2) is 60.1 Å². The molecule has 3 heterocycles. The molecule has 144 valence electrons. The third-order valence-corrected chi connectivity index (χ3v) is 5.60. The average Bonchev–Trinajstić information content (AvgIpc) is 3.22. The summed E-state index contributed by atoms with van der Waals surface area (Å²) >= 11 is 0.881. The van der Waals surface area contributed by atoms with E-state index in [1.165, 1.54) is 0 Å². The molecule has 0 radical (unpaired) electrons. The number of nitrogens with one attached hydrogen (secondary N) is 1. The highest BCUT2D eigenvalue weighted by Crippen LogP contribution is 2.28. The van der Waals surface area contributed by atoms with Crippen LogP contribution in [-0.2, 0) is 9.59 Å². The minimum atomic E-state index is -0.389. The highest BCUT2D eigenvalue weighted by Gasteiger charge is 2.25. The molecule has 1 aromatic heterocycles. The van der Waals surface area contributed by atoms with E-state index < -0.39 is 0 Å². The van der Waals surface area contributed by atoms with Crippen molar-refractivity contribution < 1.29 is 18.8 Å². The van der Waals surface area contributed by atoms with E-state index in [1.54, 1.807) is 30.6 Å². The maximum Gasteiger partial charge on any atom is 0.290 e. The summed E-state index contributed by atoms with van der Waals surface area (Å²) in [4.78, 5) is 39.8. The smallest absolute Gasteiger partial charge is 0.290 e. The molecule has 2 saturated heterocycles. The molecule has 0 unspecified atom stereocenters. The molecular formula is C20H19N3O4S. The second-order valence-electron chi connectivity index (χ2n) is 6.76. The van der Waals surface area contributed by atoms with Crippen molar-refractivity contribution in [1.82, 2.24) is 15.1 Å². The SMILES string of the molecule is CN1CCN(C(=O)/C=C/c2coc3ccc(/C=C4/SC(=O)NC4=O)cc23)CC1. The van der Waals surface area contributed by atoms with E-state index in [9.17, 15) is 14.4 Å². The number of likely N-dealkylation sites (N-methyl/N-ethyl adjacent to an activating group) is 1. The Bertz CT molecular complexity index is 1020. The van der Waals surface area contributed by atoms with Crippen LogP contribution >= 0.6 is 11.8 Å². The maximum absolute atomic E-state index is 12.4. The molecule has 8 heteroatoms. The minimum Gasteiger partial charge on any atom is -0.464 e. The Hall–Kier alpha value is -2.84. The topological polar surface area (TPSA) is 82.9 Å². The van der Waals surface area contributed by atoms with Crippen molar-refractivity contribution in [3.8, 4) is 0 Å². The zero-order chi connectivity index (χ0) is 19.7. The zero-order valence-corrected chi connectivity index (χ0v) is 16.1. The molecule has 0 aliphatic carbocycles. The second-order valence-corrected chi connectivity index (χ2v) is 7.78. The van der Waals surface area contributed by atoms with E-state index >= 15 is 0 Å². The molecule has 2 aliphatic heterocycles. The van der Waals surface area contributed by atoms with Gasteiger partial charge in [0.1, 0.15) is 5.58 Å². The number of carbonyl (C=O) groups is 3. The zero-order valence-electron chi connectivity index (χ0n) is 15.3. The van der Waals surface area contributed by atoms with Crippen molar-refractivity contribution in [2.45, 2.75) is 0 Å². The first-order valence-corrected chi connectivity index (χ1v) is 9.73. The van der Waals surface area contributed by atoms with Crippen molar-refractivity contribution in [3.05, 3.63) is 46.6 Å². The second kappa shape index (κ2) is 7.65. The Labute approximate surface area is 166 Å². The highest BCUT2D eigenvalue weighted by molar-refractivity contribution is 8.18. The van der Waals surface area contributed by atoms with Gasteiger partial charge in [-0.05, 0) is 48.7 Å². The van der Waals surface area contributed by atoms with E-state index in [1.807, 2.05) is 24.1 Å². The normalized spacial score (nSPS) is 19.9. The fraction of sp³-hybridized carbons (Fsp3) is 0.250. The lowest BCUT2D eigenvalue weighted by molar-refractivity contribution is -0.127. The summed E-state index contributed by atoms with van der Waals surface area (Å²) < 4.78 is 5.56. The number of carbonyl (C=O) groups excluding carboxylic acids is 3. The Morgan fingerprint density at radius 2 is 2.00 bits per heavy atom. The van der Waals surface area contributed by atoms with Crippen molar-refractivity contribution in [2.24, 2.45) is 0 Å². The molecule has 7 nitrogen and oxygen atoms in total. The van der Waals surface area contributed by atoms with E-state index in [0.29, 0.717) is 10.5 Å². The van der Waals surface area contributed by atoms with Crippen LogP contribution < -0.4 is 5.32 Å². The standard InChI is InChI=1S/C20H19N3O4S/c1-22-6-8-23(9-7-22)18(24)5-3-14-12-27-16-4-2-13(10-15(14)16)11-17-19(25)21-20(26)28-17/h2-5,10-12H,6-9H2,1H3,(H,21,25,26)/b5-3+,17-11+. The summed E-state index contributed by atoms with van der Waals surface area (Å²) in [6, 6.07) is 5.50. The summed E-state index contributed by atoms with van der Waals surface area (Å²) in [5, 5.41) is 2.71. The molecule has 0 saturated carbocycles. The first kappa shape index (κ1) is 18.5. The first-order valence-electron chi connectivity index (χ1n) is 8.91. The van der Waals surface area contributed by atoms with E-state index in [2.05, 4.69) is 10.2 Å². The molecular weight excluding hydrogens is 378 g/mol. The maximum atomic E-state index is 12.4. The molecule has 1 N–H and O–H groups in total. The Morgan fingerprint density at radius 3 is 2.71 bits per heavy atom. The van der Waals surface area contributed by atoms with Gasteiger partial charge in [-0.15, -0.1) is 0 Å². The Balaban J connectivity index is 1.55. The van der Waals surface area contributed by atoms with Gasteiger partial charge in [0.15, 0.2) is 0 Å². The summed E-state index contributed by atoms with van der Waals surface area (Å²) in [5.41, 5.74) is 2.26. The van der Waals surface area contributed by atoms with Gasteiger partial charge >= 0.3 is 0 Å². The Morgan fingerprint density at radius 1 is 1.21 bits per heavy atom. The third kappa shape index (κ3) is 3.88. The van der Waals surface area contributed by atoms with Crippen LogP contribution in [0.25, 0.3) is 23.1 Å². The van der Waals surface area contributed by atoms with E-state index in [-0.39, 0.29) is 17.1 Å². The summed E-state index contributed by atoms with van der Waals surface area (Å²) in [7, 11) is 2.05. The van der Waals surface area contributed by atoms with E-state index in [4.69, 9.17) is 4.42 Å². The molecule has 4 rings (SSSR count). The predicted octanol–water partition coefficient (Wildman–Crippen LogP) is 2.54. The van der Waals surface area contributed by atoms with Crippen LogP contribution in [0, 0.1) is 0 Å². The number of hydrogen-bond donors (Lipinski definition) is 1. The molecule has 3 amide bonds. The predicted molar refractivity (Wildman–Crippen MR) is 108 cm³/mol. The number of fused-ring (bicyclic) bond motifs is 1. The number of hydrogen-bond acceptors (Lipinski definition) is 6. The minimum absolute atomic E-state index is 0.0155. The molecule has 2 aliphatic rings. The van der Waals surface area contributed by atoms with Crippen LogP contribution in [0.15, 0.2) is 39.9 Å². The quantitative estimate of drug-likeness (QED) is 0.802. The molecule has 0 atom stereocenters. The largest absolute Gasteiger partial charge is 0.464 e. The summed E-state index contributed by atoms with van der Waals surface area (Å²) in [6.07, 6.45) is 6.60. The fourth-order valence-electron chi connectivity index (χ4n) is 3.15. The van der Waals surface area contributed by atoms with E-state index in [0.717, 1.165) is 54.5 Å². The number of furan rings is 1. The molecule has 2 fully saturated rings. The van der Waals surface area contributed by atoms with Gasteiger partial charge in [0.2, 0.25) is 5.91 Å². The van der Waals surface area contributed by atoms with Crippen LogP contribution in [0.4, 0.5) is 4.79 Å². The Kier molecular flexibility index (Phi) is 5.06. The lowest BCUT2D eigenvalue weighted by Gasteiger charge is -2.31. The van der Waals surface area contributed by atoms with Gasteiger partial charge in [0.05, 0.1) is 11.2 Å². The van der Waals surface area contributed by atoms with Crippen molar-refractivity contribution >= 4 is 51.9 Å². The lowest BCUT2D eigenvalue weighted by Crippen LogP contribution is -2.46. The van der Waals surface area contributed by atoms with Gasteiger partial charge in [-0.25, -0.2) is 0 Å². The molecule has 0 spiro atoms. The van der Waals surface area contributed by atoms with Crippen molar-refractivity contribution in [2.75, 3.05) is 33.2 Å². The van der Waals surface area contributed by atoms with Crippen molar-refractivity contribution in [1.29, 1.82) is 0 Å². The number of benzene rings is 1. The summed E-state index contributed by atoms with van der Waals surface area (Å²) in [6.45, 7) is 3.20. The van der Waals surface area contributed by atoms with Crippen LogP contribution in [0.1, 0.15) is 11.1 Å². The average molecular weight is 397 g/mol. The van der Waals surface area contributed by atoms with Crippen LogP contribution in [0.2, 0.25) is 0 Å². The number of imide groups is 1. The van der Waals surface area contributed by atoms with Gasteiger partial charge < -0.3 is 14.2 Å². The number of rotatable bonds is 3. The first-order chi connectivity index (χ1) is 13.5. The summed E-state index contributed by atoms with van der Waals surface area (Å²) in [5.74, 6) is -0.404. The fourth-order valence-corrected chi connectivity index (χ4v) is 3.83. The number of piperazine rings is 1. The van der Waals surface area contributed by atoms with Crippen LogP contribution in [0.5, 0.6) is 0 Å². The van der Waals surface area contributed by atoms with Gasteiger partial charge in [-0.2, -0.15) is 0 Å². The number of amides is 3. The van der Waals surface area contributed by atoms with Crippen LogP contribution in [0.3, 0.4) is 0 Å². The highest BCUT2D eigenvalue weighted by atomic mass is 32.2. The van der Waals surface area contributed by atoms with Gasteiger partial charge in [0, 0.05) is 43.2 Å². The van der Waals surface area contributed by atoms with Crippen molar-refractivity contribution in [3.63, 3.8) is 0 Å². The third-order valence-electron chi connectivity index (χ3n) is 4.79. The van der Waals surface area contributed by atoms with Gasteiger partial charge in [0.25, 0.3) is 11.1 Å². The molecule has 28 heavy (non-hydrogen) atoms. The monoisotopic (exact) mass is 397 g/mol. The lowest BCUT2D eigenvalue weighted by atomic mass is 10.1. The van der Waals surface area contributed by atoms with Gasteiger partial charge in [-0.1, -0.05) is 6.07 Å². The molecule has 1 aromatic carbocycles.